The highest BCUT2D eigenvalue weighted by molar-refractivity contribution is 6.31. The molecule has 6 heteroatoms. The average molecular weight is 277 g/mol. The summed E-state index contributed by atoms with van der Waals surface area (Å²) in [5, 5.41) is 9.62. The minimum atomic E-state index is -1.77. The summed E-state index contributed by atoms with van der Waals surface area (Å²) in [5.41, 5.74) is 0.211. The molecule has 0 aliphatic carbocycles. The van der Waals surface area contributed by atoms with Crippen molar-refractivity contribution >= 4 is 17.6 Å². The lowest BCUT2D eigenvalue weighted by atomic mass is 10.0. The maximum absolute atomic E-state index is 13.9. The number of aryl methyl sites for hydroxylation is 1. The lowest BCUT2D eigenvalue weighted by Crippen LogP contribution is -2.18. The van der Waals surface area contributed by atoms with Crippen molar-refractivity contribution in [2.45, 2.75) is 20.0 Å². The molecule has 0 aliphatic heterocycles. The van der Waals surface area contributed by atoms with E-state index in [0.717, 1.165) is 0 Å². The Bertz CT molecular complexity index is 462. The van der Waals surface area contributed by atoms with Crippen LogP contribution in [0.5, 0.6) is 5.75 Å². The quantitative estimate of drug-likeness (QED) is 0.858. The van der Waals surface area contributed by atoms with E-state index in [1.54, 1.807) is 13.8 Å². The Labute approximate surface area is 109 Å². The van der Waals surface area contributed by atoms with Crippen LogP contribution in [0.1, 0.15) is 24.2 Å². The maximum Gasteiger partial charge on any atom is 0.339 e. The van der Waals surface area contributed by atoms with E-state index in [-0.39, 0.29) is 22.9 Å². The summed E-state index contributed by atoms with van der Waals surface area (Å²) in [7, 11) is 1.32. The van der Waals surface area contributed by atoms with Crippen LogP contribution in [0.25, 0.3) is 0 Å². The van der Waals surface area contributed by atoms with Gasteiger partial charge in [-0.1, -0.05) is 11.6 Å². The first-order chi connectivity index (χ1) is 8.43. The second-order valence-electron chi connectivity index (χ2n) is 3.59. The van der Waals surface area contributed by atoms with Crippen LogP contribution in [-0.2, 0) is 9.53 Å². The average Bonchev–Trinajstić information content (AvgIpc) is 2.32. The van der Waals surface area contributed by atoms with E-state index in [9.17, 15) is 14.3 Å². The fourth-order valence-corrected chi connectivity index (χ4v) is 1.88. The van der Waals surface area contributed by atoms with E-state index < -0.39 is 17.9 Å². The number of methoxy groups -OCH3 is 1. The first kappa shape index (κ1) is 14.7. The molecule has 0 fully saturated rings. The van der Waals surface area contributed by atoms with Gasteiger partial charge >= 0.3 is 5.97 Å². The van der Waals surface area contributed by atoms with E-state index in [2.05, 4.69) is 4.74 Å². The van der Waals surface area contributed by atoms with Crippen LogP contribution in [0.4, 0.5) is 4.39 Å². The van der Waals surface area contributed by atoms with Crippen LogP contribution in [0, 0.1) is 12.7 Å². The zero-order chi connectivity index (χ0) is 13.9. The standard InChI is InChI=1S/C12H14ClFO4/c1-4-18-12(16)10(15)8-9(14)7(13)5-6(2)11(8)17-3/h5,10,15H,4H2,1-3H3. The number of aliphatic hydroxyl groups excluding tert-OH is 1. The maximum atomic E-state index is 13.9. The first-order valence-corrected chi connectivity index (χ1v) is 5.69. The van der Waals surface area contributed by atoms with Gasteiger partial charge in [-0.15, -0.1) is 0 Å². The van der Waals surface area contributed by atoms with Crippen LogP contribution in [0.3, 0.4) is 0 Å². The number of benzene rings is 1. The van der Waals surface area contributed by atoms with Gasteiger partial charge in [-0.05, 0) is 25.5 Å². The Morgan fingerprint density at radius 3 is 2.72 bits per heavy atom. The monoisotopic (exact) mass is 276 g/mol. The van der Waals surface area contributed by atoms with Gasteiger partial charge in [-0.3, -0.25) is 0 Å². The fourth-order valence-electron chi connectivity index (χ4n) is 1.61. The van der Waals surface area contributed by atoms with Crippen molar-refractivity contribution in [1.82, 2.24) is 0 Å². The Hall–Kier alpha value is -1.33. The third kappa shape index (κ3) is 2.73. The molecule has 1 aromatic rings. The second kappa shape index (κ2) is 6.02. The Morgan fingerprint density at radius 1 is 1.61 bits per heavy atom. The summed E-state index contributed by atoms with van der Waals surface area (Å²) in [6, 6.07) is 1.36. The Balaban J connectivity index is 3.33. The van der Waals surface area contributed by atoms with Crippen molar-refractivity contribution < 1.29 is 23.8 Å². The van der Waals surface area contributed by atoms with E-state index in [4.69, 9.17) is 16.3 Å². The number of hydrogen-bond donors (Lipinski definition) is 1. The third-order valence-electron chi connectivity index (χ3n) is 2.38. The topological polar surface area (TPSA) is 55.8 Å². The van der Waals surface area contributed by atoms with Crippen molar-refractivity contribution in [3.63, 3.8) is 0 Å². The zero-order valence-corrected chi connectivity index (χ0v) is 11.0. The van der Waals surface area contributed by atoms with Crippen molar-refractivity contribution in [2.24, 2.45) is 0 Å². The molecule has 0 aliphatic rings. The smallest absolute Gasteiger partial charge is 0.339 e. The van der Waals surface area contributed by atoms with Gasteiger partial charge in [0, 0.05) is 0 Å². The zero-order valence-electron chi connectivity index (χ0n) is 10.3. The summed E-state index contributed by atoms with van der Waals surface area (Å²) < 4.78 is 23.5. The number of rotatable bonds is 4. The summed E-state index contributed by atoms with van der Waals surface area (Å²) in [5.74, 6) is -1.76. The molecule has 1 aromatic carbocycles. The molecule has 0 amide bonds. The van der Waals surface area contributed by atoms with Gasteiger partial charge in [0.1, 0.15) is 5.75 Å². The number of aliphatic hydroxyl groups is 1. The molecule has 0 saturated carbocycles. The minimum absolute atomic E-state index is 0.0810. The molecule has 0 bridgehead atoms. The summed E-state index contributed by atoms with van der Waals surface area (Å²) in [6.45, 7) is 3.30. The SMILES string of the molecule is CCOC(=O)C(O)c1c(F)c(Cl)cc(C)c1OC. The molecule has 0 aromatic heterocycles. The highest BCUT2D eigenvalue weighted by Crippen LogP contribution is 2.35. The highest BCUT2D eigenvalue weighted by Gasteiger charge is 2.29. The number of esters is 1. The van der Waals surface area contributed by atoms with Crippen molar-refractivity contribution in [3.8, 4) is 5.75 Å². The minimum Gasteiger partial charge on any atom is -0.496 e. The fraction of sp³-hybridized carbons (Fsp3) is 0.417. The number of carbonyl (C=O) groups excluding carboxylic acids is 1. The number of halogens is 2. The molecular weight excluding hydrogens is 263 g/mol. The molecule has 0 saturated heterocycles. The summed E-state index contributed by atoms with van der Waals surface area (Å²) >= 11 is 5.68. The van der Waals surface area contributed by atoms with Crippen LogP contribution >= 0.6 is 11.6 Å². The van der Waals surface area contributed by atoms with Gasteiger partial charge in [0.05, 0.1) is 24.3 Å². The Kier molecular flexibility index (Phi) is 4.93. The number of hydrogen-bond acceptors (Lipinski definition) is 4. The third-order valence-corrected chi connectivity index (χ3v) is 2.65. The van der Waals surface area contributed by atoms with Crippen molar-refractivity contribution in [1.29, 1.82) is 0 Å². The molecule has 18 heavy (non-hydrogen) atoms. The predicted octanol–water partition coefficient (Wildman–Crippen LogP) is 2.39. The van der Waals surface area contributed by atoms with Crippen LogP contribution in [0.15, 0.2) is 6.07 Å². The molecule has 4 nitrogen and oxygen atoms in total. The van der Waals surface area contributed by atoms with Gasteiger partial charge in [-0.2, -0.15) is 0 Å². The molecule has 1 atom stereocenters. The first-order valence-electron chi connectivity index (χ1n) is 5.31. The van der Waals surface area contributed by atoms with Gasteiger partial charge in [0.25, 0.3) is 0 Å². The molecule has 0 heterocycles. The molecule has 1 unspecified atom stereocenters. The predicted molar refractivity (Wildman–Crippen MR) is 64.3 cm³/mol. The largest absolute Gasteiger partial charge is 0.496 e. The van der Waals surface area contributed by atoms with Crippen LogP contribution in [-0.4, -0.2) is 24.8 Å². The van der Waals surface area contributed by atoms with Crippen LogP contribution < -0.4 is 4.74 Å². The highest BCUT2D eigenvalue weighted by atomic mass is 35.5. The number of carbonyl (C=O) groups is 1. The van der Waals surface area contributed by atoms with E-state index in [0.29, 0.717) is 5.56 Å². The van der Waals surface area contributed by atoms with Crippen LogP contribution in [0.2, 0.25) is 5.02 Å². The van der Waals surface area contributed by atoms with Gasteiger partial charge in [0.15, 0.2) is 11.9 Å². The van der Waals surface area contributed by atoms with Gasteiger partial charge in [-0.25, -0.2) is 9.18 Å². The Morgan fingerprint density at radius 2 is 2.22 bits per heavy atom. The molecular formula is C12H14ClFO4. The molecule has 100 valence electrons. The second-order valence-corrected chi connectivity index (χ2v) is 4.00. The normalized spacial score (nSPS) is 12.1. The van der Waals surface area contributed by atoms with Gasteiger partial charge in [0.2, 0.25) is 0 Å². The lowest BCUT2D eigenvalue weighted by molar-refractivity contribution is -0.153. The lowest BCUT2D eigenvalue weighted by Gasteiger charge is -2.17. The van der Waals surface area contributed by atoms with E-state index >= 15 is 0 Å². The van der Waals surface area contributed by atoms with E-state index in [1.165, 1.54) is 13.2 Å². The summed E-state index contributed by atoms with van der Waals surface area (Å²) in [6.07, 6.45) is -1.77. The molecule has 1 rings (SSSR count). The molecule has 0 spiro atoms. The van der Waals surface area contributed by atoms with E-state index in [1.807, 2.05) is 0 Å². The molecule has 0 radical (unpaired) electrons. The molecule has 1 N–H and O–H groups in total. The summed E-state index contributed by atoms with van der Waals surface area (Å²) in [4.78, 5) is 11.4. The van der Waals surface area contributed by atoms with Crippen molar-refractivity contribution in [3.05, 3.63) is 28.0 Å². The number of ether oxygens (including phenoxy) is 2. The van der Waals surface area contributed by atoms with Crippen molar-refractivity contribution in [2.75, 3.05) is 13.7 Å². The van der Waals surface area contributed by atoms with Gasteiger partial charge < -0.3 is 14.6 Å².